The number of nitrogens with zero attached hydrogens (tertiary/aromatic N) is 2. The molecule has 0 spiro atoms. The van der Waals surface area contributed by atoms with E-state index in [1.807, 2.05) is 20.0 Å². The van der Waals surface area contributed by atoms with Gasteiger partial charge < -0.3 is 10.4 Å². The molecular formula is C14H17N3O2S. The van der Waals surface area contributed by atoms with Crippen LogP contribution >= 0.6 is 11.3 Å². The Morgan fingerprint density at radius 3 is 2.85 bits per heavy atom. The molecule has 0 saturated carbocycles. The summed E-state index contributed by atoms with van der Waals surface area (Å²) in [5.74, 6) is -0.348. The predicted molar refractivity (Wildman–Crippen MR) is 79.4 cm³/mol. The fraction of sp³-hybridized carbons (Fsp3) is 0.357. The highest BCUT2D eigenvalue weighted by Crippen LogP contribution is 2.16. The van der Waals surface area contributed by atoms with Gasteiger partial charge in [-0.05, 0) is 25.5 Å². The van der Waals surface area contributed by atoms with Gasteiger partial charge in [0.1, 0.15) is 10.8 Å². The second kappa shape index (κ2) is 6.47. The average molecular weight is 291 g/mol. The molecule has 0 fully saturated rings. The first-order valence-corrected chi connectivity index (χ1v) is 7.29. The van der Waals surface area contributed by atoms with Crippen LogP contribution in [-0.4, -0.2) is 21.0 Å². The number of carbonyl (C=O) groups is 1. The molecule has 2 aromatic heterocycles. The lowest BCUT2D eigenvalue weighted by molar-refractivity contribution is 0.0696. The molecule has 0 atom stereocenters. The van der Waals surface area contributed by atoms with Gasteiger partial charge in [0, 0.05) is 16.8 Å². The van der Waals surface area contributed by atoms with Crippen molar-refractivity contribution in [2.24, 2.45) is 0 Å². The third-order valence-electron chi connectivity index (χ3n) is 2.72. The van der Waals surface area contributed by atoms with E-state index in [4.69, 9.17) is 5.11 Å². The van der Waals surface area contributed by atoms with Gasteiger partial charge in [-0.25, -0.2) is 14.8 Å². The van der Waals surface area contributed by atoms with Gasteiger partial charge in [-0.3, -0.25) is 0 Å². The van der Waals surface area contributed by atoms with Crippen molar-refractivity contribution in [1.82, 2.24) is 9.97 Å². The van der Waals surface area contributed by atoms with Crippen molar-refractivity contribution in [2.75, 3.05) is 5.32 Å². The van der Waals surface area contributed by atoms with Crippen LogP contribution in [0.4, 0.5) is 5.82 Å². The highest BCUT2D eigenvalue weighted by molar-refractivity contribution is 7.11. The van der Waals surface area contributed by atoms with Crippen molar-refractivity contribution in [2.45, 2.75) is 33.2 Å². The number of pyridine rings is 1. The molecule has 0 radical (unpaired) electrons. The Labute approximate surface area is 121 Å². The van der Waals surface area contributed by atoms with Gasteiger partial charge in [0.05, 0.1) is 12.1 Å². The first-order chi connectivity index (χ1) is 9.58. The third kappa shape index (κ3) is 3.77. The summed E-state index contributed by atoms with van der Waals surface area (Å²) in [7, 11) is 0. The number of rotatable bonds is 6. The Morgan fingerprint density at radius 2 is 2.25 bits per heavy atom. The van der Waals surface area contributed by atoms with Gasteiger partial charge in [0.15, 0.2) is 0 Å². The minimum absolute atomic E-state index is 0.265. The van der Waals surface area contributed by atoms with E-state index in [0.717, 1.165) is 28.4 Å². The Kier molecular flexibility index (Phi) is 4.68. The van der Waals surface area contributed by atoms with E-state index in [1.54, 1.807) is 23.5 Å². The number of anilines is 1. The third-order valence-corrected chi connectivity index (χ3v) is 3.63. The summed E-state index contributed by atoms with van der Waals surface area (Å²) in [5.41, 5.74) is 1.06. The smallest absolute Gasteiger partial charge is 0.335 e. The minimum atomic E-state index is -0.933. The van der Waals surface area contributed by atoms with Gasteiger partial charge in [0.2, 0.25) is 0 Å². The molecule has 0 saturated heterocycles. The van der Waals surface area contributed by atoms with E-state index < -0.39 is 5.97 Å². The summed E-state index contributed by atoms with van der Waals surface area (Å²) in [6, 6.07) is 3.19. The van der Waals surface area contributed by atoms with E-state index in [9.17, 15) is 4.79 Å². The zero-order valence-corrected chi connectivity index (χ0v) is 12.3. The quantitative estimate of drug-likeness (QED) is 0.855. The lowest BCUT2D eigenvalue weighted by Gasteiger charge is -2.07. The maximum absolute atomic E-state index is 11.1. The second-order valence-corrected chi connectivity index (χ2v) is 5.83. The number of carboxylic acids is 1. The summed E-state index contributed by atoms with van der Waals surface area (Å²) in [6.45, 7) is 4.60. The van der Waals surface area contributed by atoms with Crippen LogP contribution in [0.15, 0.2) is 18.3 Å². The van der Waals surface area contributed by atoms with Crippen LogP contribution in [0.5, 0.6) is 0 Å². The fourth-order valence-corrected chi connectivity index (χ4v) is 2.56. The highest BCUT2D eigenvalue weighted by atomic mass is 32.1. The molecule has 0 aliphatic carbocycles. The molecule has 0 aliphatic heterocycles. The average Bonchev–Trinajstić information content (AvgIpc) is 2.82. The summed E-state index contributed by atoms with van der Waals surface area (Å²) in [5, 5.41) is 13.2. The molecule has 5 nitrogen and oxygen atoms in total. The first kappa shape index (κ1) is 14.5. The monoisotopic (exact) mass is 291 g/mol. The van der Waals surface area contributed by atoms with Crippen LogP contribution in [0, 0.1) is 6.92 Å². The maximum Gasteiger partial charge on any atom is 0.335 e. The van der Waals surface area contributed by atoms with Crippen LogP contribution < -0.4 is 5.32 Å². The molecule has 0 unspecified atom stereocenters. The molecule has 2 heterocycles. The van der Waals surface area contributed by atoms with Crippen LogP contribution in [-0.2, 0) is 13.0 Å². The minimum Gasteiger partial charge on any atom is -0.478 e. The zero-order valence-electron chi connectivity index (χ0n) is 11.5. The van der Waals surface area contributed by atoms with Gasteiger partial charge >= 0.3 is 5.97 Å². The molecule has 6 heteroatoms. The topological polar surface area (TPSA) is 75.1 Å². The molecule has 2 rings (SSSR count). The van der Waals surface area contributed by atoms with Crippen LogP contribution in [0.2, 0.25) is 0 Å². The van der Waals surface area contributed by atoms with Crippen molar-refractivity contribution in [1.29, 1.82) is 0 Å². The lowest BCUT2D eigenvalue weighted by Crippen LogP contribution is -2.06. The van der Waals surface area contributed by atoms with Crippen molar-refractivity contribution >= 4 is 23.1 Å². The number of aromatic nitrogens is 2. The van der Waals surface area contributed by atoms with Crippen molar-refractivity contribution in [3.05, 3.63) is 39.5 Å². The summed E-state index contributed by atoms with van der Waals surface area (Å²) >= 11 is 1.61. The summed E-state index contributed by atoms with van der Waals surface area (Å²) < 4.78 is 0. The van der Waals surface area contributed by atoms with Crippen LogP contribution in [0.25, 0.3) is 0 Å². The number of thiazole rings is 1. The van der Waals surface area contributed by atoms with Crippen molar-refractivity contribution < 1.29 is 9.90 Å². The largest absolute Gasteiger partial charge is 0.478 e. The Morgan fingerprint density at radius 1 is 1.45 bits per heavy atom. The number of hydrogen-bond acceptors (Lipinski definition) is 5. The van der Waals surface area contributed by atoms with E-state index in [0.29, 0.717) is 12.4 Å². The normalized spacial score (nSPS) is 10.5. The van der Waals surface area contributed by atoms with Gasteiger partial charge in [-0.1, -0.05) is 13.3 Å². The molecule has 0 amide bonds. The molecule has 20 heavy (non-hydrogen) atoms. The molecule has 0 bridgehead atoms. The van der Waals surface area contributed by atoms with E-state index in [-0.39, 0.29) is 5.56 Å². The van der Waals surface area contributed by atoms with Crippen LogP contribution in [0.3, 0.4) is 0 Å². The number of aryl methyl sites for hydroxylation is 2. The van der Waals surface area contributed by atoms with Gasteiger partial charge in [0.25, 0.3) is 0 Å². The Bertz CT molecular complexity index is 610. The van der Waals surface area contributed by atoms with Gasteiger partial charge in [-0.2, -0.15) is 0 Å². The summed E-state index contributed by atoms with van der Waals surface area (Å²) in [4.78, 5) is 21.0. The van der Waals surface area contributed by atoms with Crippen LogP contribution in [0.1, 0.15) is 39.3 Å². The lowest BCUT2D eigenvalue weighted by atomic mass is 10.1. The van der Waals surface area contributed by atoms with E-state index in [2.05, 4.69) is 15.3 Å². The number of carboxylic acid groups (broad SMARTS) is 1. The maximum atomic E-state index is 11.1. The molecule has 0 aromatic carbocycles. The number of nitrogens with one attached hydrogen (secondary N) is 1. The second-order valence-electron chi connectivity index (χ2n) is 4.51. The SMILES string of the molecule is CCCc1cc(C(=O)O)cc(NCc2ncc(C)s2)n1. The van der Waals surface area contributed by atoms with Crippen molar-refractivity contribution in [3.63, 3.8) is 0 Å². The standard InChI is InChI=1S/C14H17N3O2S/c1-3-4-11-5-10(14(18)19)6-12(17-11)15-8-13-16-7-9(2)20-13/h5-7H,3-4,8H2,1-2H3,(H,15,17)(H,18,19). The van der Waals surface area contributed by atoms with Crippen molar-refractivity contribution in [3.8, 4) is 0 Å². The molecule has 2 aromatic rings. The fourth-order valence-electron chi connectivity index (χ4n) is 1.84. The highest BCUT2D eigenvalue weighted by Gasteiger charge is 2.08. The molecule has 2 N–H and O–H groups in total. The zero-order chi connectivity index (χ0) is 14.5. The Hall–Kier alpha value is -1.95. The molecule has 0 aliphatic rings. The Balaban J connectivity index is 2.15. The van der Waals surface area contributed by atoms with E-state index in [1.165, 1.54) is 0 Å². The van der Waals surface area contributed by atoms with Gasteiger partial charge in [-0.15, -0.1) is 11.3 Å². The molecule has 106 valence electrons. The number of hydrogen-bond donors (Lipinski definition) is 2. The van der Waals surface area contributed by atoms with E-state index >= 15 is 0 Å². The number of aromatic carboxylic acids is 1. The predicted octanol–water partition coefficient (Wildman–Crippen LogP) is 3.11. The summed E-state index contributed by atoms with van der Waals surface area (Å²) in [6.07, 6.45) is 3.53. The first-order valence-electron chi connectivity index (χ1n) is 6.48. The molecular weight excluding hydrogens is 274 g/mol.